The standard InChI is InChI=1S/C16H26O2/c1-5-13(4)12-14(6-2)15(17)18-16(7-3)10-8-9-11-16/h5,14H,1,4,6-12H2,2-3H3. The second kappa shape index (κ2) is 6.77. The van der Waals surface area contributed by atoms with Crippen LogP contribution in [-0.2, 0) is 9.53 Å². The lowest BCUT2D eigenvalue weighted by atomic mass is 9.95. The first-order chi connectivity index (χ1) is 8.56. The van der Waals surface area contributed by atoms with Gasteiger partial charge < -0.3 is 4.74 Å². The molecule has 1 aliphatic carbocycles. The molecule has 2 nitrogen and oxygen atoms in total. The van der Waals surface area contributed by atoms with Gasteiger partial charge in [-0.25, -0.2) is 0 Å². The van der Waals surface area contributed by atoms with Crippen LogP contribution in [0.1, 0.15) is 58.8 Å². The molecule has 1 atom stereocenters. The van der Waals surface area contributed by atoms with Crippen molar-refractivity contribution in [1.82, 2.24) is 0 Å². The van der Waals surface area contributed by atoms with Gasteiger partial charge in [-0.1, -0.05) is 38.7 Å². The molecule has 18 heavy (non-hydrogen) atoms. The zero-order valence-corrected chi connectivity index (χ0v) is 11.8. The molecule has 0 spiro atoms. The molecule has 0 heterocycles. The first kappa shape index (κ1) is 15.0. The van der Waals surface area contributed by atoms with E-state index in [-0.39, 0.29) is 17.5 Å². The van der Waals surface area contributed by atoms with Crippen molar-refractivity contribution in [1.29, 1.82) is 0 Å². The van der Waals surface area contributed by atoms with Gasteiger partial charge in [0.15, 0.2) is 0 Å². The summed E-state index contributed by atoms with van der Waals surface area (Å²) in [5.41, 5.74) is 0.732. The van der Waals surface area contributed by atoms with E-state index < -0.39 is 0 Å². The number of hydrogen-bond donors (Lipinski definition) is 0. The molecule has 0 aromatic rings. The second-order valence-corrected chi connectivity index (χ2v) is 5.34. The summed E-state index contributed by atoms with van der Waals surface area (Å²) in [6, 6.07) is 0. The van der Waals surface area contributed by atoms with E-state index >= 15 is 0 Å². The molecule has 1 aliphatic rings. The zero-order valence-electron chi connectivity index (χ0n) is 11.8. The number of rotatable bonds is 7. The number of carbonyl (C=O) groups is 1. The molecule has 102 valence electrons. The van der Waals surface area contributed by atoms with Crippen LogP contribution < -0.4 is 0 Å². The summed E-state index contributed by atoms with van der Waals surface area (Å²) in [4.78, 5) is 12.2. The van der Waals surface area contributed by atoms with Crippen LogP contribution in [0.25, 0.3) is 0 Å². The largest absolute Gasteiger partial charge is 0.459 e. The average molecular weight is 250 g/mol. The fourth-order valence-corrected chi connectivity index (χ4v) is 2.64. The molecule has 1 fully saturated rings. The predicted molar refractivity (Wildman–Crippen MR) is 75.3 cm³/mol. The van der Waals surface area contributed by atoms with E-state index in [1.54, 1.807) is 6.08 Å². The van der Waals surface area contributed by atoms with Gasteiger partial charge in [0.2, 0.25) is 0 Å². The van der Waals surface area contributed by atoms with Crippen LogP contribution in [0.3, 0.4) is 0 Å². The smallest absolute Gasteiger partial charge is 0.309 e. The van der Waals surface area contributed by atoms with Crippen LogP contribution in [0.15, 0.2) is 24.8 Å². The monoisotopic (exact) mass is 250 g/mol. The molecule has 2 heteroatoms. The fourth-order valence-electron chi connectivity index (χ4n) is 2.64. The summed E-state index contributed by atoms with van der Waals surface area (Å²) in [5, 5.41) is 0. The third-order valence-electron chi connectivity index (χ3n) is 4.10. The fraction of sp³-hybridized carbons (Fsp3) is 0.688. The van der Waals surface area contributed by atoms with Gasteiger partial charge in [-0.05, 0) is 44.9 Å². The molecule has 1 unspecified atom stereocenters. The molecule has 0 bridgehead atoms. The van der Waals surface area contributed by atoms with Crippen LogP contribution in [0.5, 0.6) is 0 Å². The van der Waals surface area contributed by atoms with E-state index in [2.05, 4.69) is 20.1 Å². The zero-order chi connectivity index (χ0) is 13.6. The maximum absolute atomic E-state index is 12.2. The molecule has 0 aromatic carbocycles. The van der Waals surface area contributed by atoms with Gasteiger partial charge >= 0.3 is 5.97 Å². The lowest BCUT2D eigenvalue weighted by molar-refractivity contribution is -0.165. The van der Waals surface area contributed by atoms with Crippen molar-refractivity contribution >= 4 is 5.97 Å². The van der Waals surface area contributed by atoms with Gasteiger partial charge in [-0.3, -0.25) is 4.79 Å². The lowest BCUT2D eigenvalue weighted by Crippen LogP contribution is -2.34. The minimum atomic E-state index is -0.181. The Morgan fingerprint density at radius 3 is 2.44 bits per heavy atom. The van der Waals surface area contributed by atoms with Crippen molar-refractivity contribution in [2.24, 2.45) is 5.92 Å². The molecule has 0 aromatic heterocycles. The Bertz CT molecular complexity index is 311. The van der Waals surface area contributed by atoms with E-state index in [1.165, 1.54) is 12.8 Å². The molecule has 0 amide bonds. The van der Waals surface area contributed by atoms with Crippen molar-refractivity contribution in [2.45, 2.75) is 64.4 Å². The highest BCUT2D eigenvalue weighted by Gasteiger charge is 2.37. The van der Waals surface area contributed by atoms with Crippen LogP contribution in [0.2, 0.25) is 0 Å². The molecule has 1 rings (SSSR count). The average Bonchev–Trinajstić information content (AvgIpc) is 2.84. The summed E-state index contributed by atoms with van der Waals surface area (Å²) in [5.74, 6) is -0.122. The summed E-state index contributed by atoms with van der Waals surface area (Å²) in [6.45, 7) is 11.7. The normalized spacial score (nSPS) is 19.2. The Labute approximate surface area is 111 Å². The van der Waals surface area contributed by atoms with E-state index in [1.807, 2.05) is 6.92 Å². The van der Waals surface area contributed by atoms with Gasteiger partial charge in [0.1, 0.15) is 5.60 Å². The van der Waals surface area contributed by atoms with E-state index in [0.717, 1.165) is 31.3 Å². The van der Waals surface area contributed by atoms with Crippen molar-refractivity contribution in [3.05, 3.63) is 24.8 Å². The molecule has 1 saturated carbocycles. The summed E-state index contributed by atoms with van der Waals surface area (Å²) < 4.78 is 5.83. The summed E-state index contributed by atoms with van der Waals surface area (Å²) in [6.07, 6.45) is 8.51. The summed E-state index contributed by atoms with van der Waals surface area (Å²) in [7, 11) is 0. The van der Waals surface area contributed by atoms with Gasteiger partial charge in [0.25, 0.3) is 0 Å². The third kappa shape index (κ3) is 3.72. The van der Waals surface area contributed by atoms with Crippen LogP contribution in [0, 0.1) is 5.92 Å². The maximum Gasteiger partial charge on any atom is 0.309 e. The number of carbonyl (C=O) groups excluding carboxylic acids is 1. The predicted octanol–water partition coefficient (Wildman–Crippen LogP) is 4.41. The molecule has 0 N–H and O–H groups in total. The summed E-state index contributed by atoms with van der Waals surface area (Å²) >= 11 is 0. The van der Waals surface area contributed by atoms with Crippen LogP contribution in [0.4, 0.5) is 0 Å². The molecule has 0 aliphatic heterocycles. The maximum atomic E-state index is 12.2. The number of esters is 1. The van der Waals surface area contributed by atoms with Gasteiger partial charge in [-0.15, -0.1) is 0 Å². The highest BCUT2D eigenvalue weighted by Crippen LogP contribution is 2.37. The Morgan fingerprint density at radius 1 is 1.39 bits per heavy atom. The van der Waals surface area contributed by atoms with Crippen LogP contribution in [-0.4, -0.2) is 11.6 Å². The third-order valence-corrected chi connectivity index (χ3v) is 4.10. The highest BCUT2D eigenvalue weighted by atomic mass is 16.6. The minimum Gasteiger partial charge on any atom is -0.459 e. The number of allylic oxidation sites excluding steroid dienone is 2. The van der Waals surface area contributed by atoms with Crippen molar-refractivity contribution in [2.75, 3.05) is 0 Å². The van der Waals surface area contributed by atoms with E-state index in [4.69, 9.17) is 4.74 Å². The first-order valence-electron chi connectivity index (χ1n) is 7.10. The van der Waals surface area contributed by atoms with Crippen molar-refractivity contribution < 1.29 is 9.53 Å². The number of hydrogen-bond acceptors (Lipinski definition) is 2. The SMILES string of the molecule is C=CC(=C)CC(CC)C(=O)OC1(CC)CCCC1. The Kier molecular flexibility index (Phi) is 5.64. The van der Waals surface area contributed by atoms with Gasteiger partial charge in [-0.2, -0.15) is 0 Å². The van der Waals surface area contributed by atoms with Crippen molar-refractivity contribution in [3.63, 3.8) is 0 Å². The lowest BCUT2D eigenvalue weighted by Gasteiger charge is -2.29. The Hall–Kier alpha value is -1.05. The quantitative estimate of drug-likeness (QED) is 0.494. The number of ether oxygens (including phenoxy) is 1. The van der Waals surface area contributed by atoms with Crippen molar-refractivity contribution in [3.8, 4) is 0 Å². The van der Waals surface area contributed by atoms with E-state index in [9.17, 15) is 4.79 Å². The minimum absolute atomic E-state index is 0.0516. The molecule has 0 saturated heterocycles. The topological polar surface area (TPSA) is 26.3 Å². The van der Waals surface area contributed by atoms with Gasteiger partial charge in [0, 0.05) is 0 Å². The molecule has 0 radical (unpaired) electrons. The Balaban J connectivity index is 2.61. The molecular weight excluding hydrogens is 224 g/mol. The second-order valence-electron chi connectivity index (χ2n) is 5.34. The molecular formula is C16H26O2. The highest BCUT2D eigenvalue weighted by molar-refractivity contribution is 5.73. The Morgan fingerprint density at radius 2 is 2.00 bits per heavy atom. The first-order valence-corrected chi connectivity index (χ1v) is 7.10. The van der Waals surface area contributed by atoms with Gasteiger partial charge in [0.05, 0.1) is 5.92 Å². The van der Waals surface area contributed by atoms with Crippen LogP contribution >= 0.6 is 0 Å². The van der Waals surface area contributed by atoms with E-state index in [0.29, 0.717) is 6.42 Å².